The third-order valence-electron chi connectivity index (χ3n) is 6.21. The molecule has 0 aliphatic carbocycles. The Morgan fingerprint density at radius 2 is 1.71 bits per heavy atom. The number of rotatable bonds is 4. The van der Waals surface area contributed by atoms with E-state index in [1.807, 2.05) is 12.4 Å². The monoisotopic (exact) mass is 380 g/mol. The molecule has 0 N–H and O–H groups in total. The van der Waals surface area contributed by atoms with Crippen LogP contribution >= 0.6 is 0 Å². The predicted octanol–water partition coefficient (Wildman–Crippen LogP) is 3.52. The Labute approximate surface area is 168 Å². The minimum Gasteiger partial charge on any atom is -0.497 e. The number of methoxy groups -OCH3 is 1. The van der Waals surface area contributed by atoms with Gasteiger partial charge < -0.3 is 4.74 Å². The summed E-state index contributed by atoms with van der Waals surface area (Å²) >= 11 is 0. The topological polar surface area (TPSA) is 41.5 Å². The van der Waals surface area contributed by atoms with Crippen molar-refractivity contribution in [2.75, 3.05) is 33.8 Å². The third-order valence-corrected chi connectivity index (χ3v) is 6.21. The Hall–Kier alpha value is -1.98. The molecule has 2 aliphatic rings. The van der Waals surface area contributed by atoms with Crippen LogP contribution in [-0.4, -0.2) is 53.6 Å². The zero-order valence-electron chi connectivity index (χ0n) is 17.7. The first-order chi connectivity index (χ1) is 13.3. The molecule has 0 saturated carbocycles. The molecule has 150 valence electrons. The maximum atomic E-state index is 5.32. The average Bonchev–Trinajstić information content (AvgIpc) is 3.17. The summed E-state index contributed by atoms with van der Waals surface area (Å²) in [7, 11) is 3.98. The number of hydrogen-bond acceptors (Lipinski definition) is 5. The van der Waals surface area contributed by atoms with Crippen LogP contribution in [0.1, 0.15) is 43.8 Å². The van der Waals surface area contributed by atoms with Crippen molar-refractivity contribution in [1.29, 1.82) is 0 Å². The Morgan fingerprint density at radius 3 is 2.32 bits per heavy atom. The third kappa shape index (κ3) is 3.78. The molecule has 3 heterocycles. The van der Waals surface area contributed by atoms with E-state index < -0.39 is 0 Å². The molecule has 5 nitrogen and oxygen atoms in total. The summed E-state index contributed by atoms with van der Waals surface area (Å²) < 4.78 is 5.32. The number of hydrogen-bond donors (Lipinski definition) is 0. The van der Waals surface area contributed by atoms with E-state index in [1.165, 1.54) is 11.1 Å². The fourth-order valence-electron chi connectivity index (χ4n) is 4.86. The molecule has 1 aromatic carbocycles. The predicted molar refractivity (Wildman–Crippen MR) is 111 cm³/mol. The molecular formula is C23H32N4O. The molecule has 0 unspecified atom stereocenters. The quantitative estimate of drug-likeness (QED) is 0.812. The van der Waals surface area contributed by atoms with Crippen molar-refractivity contribution >= 4 is 0 Å². The lowest BCUT2D eigenvalue weighted by atomic mass is 9.89. The lowest BCUT2D eigenvalue weighted by molar-refractivity contribution is 0.224. The van der Waals surface area contributed by atoms with E-state index in [-0.39, 0.29) is 5.41 Å². The minimum atomic E-state index is -0.000624. The molecule has 5 heteroatoms. The summed E-state index contributed by atoms with van der Waals surface area (Å²) in [5.41, 5.74) is 2.61. The molecule has 0 radical (unpaired) electrons. The molecule has 2 aliphatic heterocycles. The van der Waals surface area contributed by atoms with Crippen LogP contribution in [-0.2, 0) is 12.0 Å². The van der Waals surface area contributed by atoms with Gasteiger partial charge in [-0.05, 0) is 36.6 Å². The van der Waals surface area contributed by atoms with Crippen molar-refractivity contribution in [1.82, 2.24) is 19.8 Å². The van der Waals surface area contributed by atoms with Crippen molar-refractivity contribution < 1.29 is 4.74 Å². The SMILES string of the molecule is COc1ccc([C@@H]2[C@@H]3CN(Cc4cnc(C(C)(C)C)nc4)C[C@@H]3CN2C)cc1. The highest BCUT2D eigenvalue weighted by Gasteiger charge is 2.45. The number of likely N-dealkylation sites (tertiary alicyclic amines) is 2. The van der Waals surface area contributed by atoms with Gasteiger partial charge in [-0.15, -0.1) is 0 Å². The van der Waals surface area contributed by atoms with Crippen molar-refractivity contribution in [2.45, 2.75) is 38.8 Å². The number of ether oxygens (including phenoxy) is 1. The smallest absolute Gasteiger partial charge is 0.133 e. The van der Waals surface area contributed by atoms with Crippen LogP contribution in [0.5, 0.6) is 5.75 Å². The summed E-state index contributed by atoms with van der Waals surface area (Å²) in [6.45, 7) is 10.8. The largest absolute Gasteiger partial charge is 0.497 e. The van der Waals surface area contributed by atoms with Gasteiger partial charge >= 0.3 is 0 Å². The van der Waals surface area contributed by atoms with E-state index >= 15 is 0 Å². The standard InChI is InChI=1S/C23H32N4O/c1-23(2,3)22-24-10-16(11-25-22)12-27-14-18-13-26(4)21(20(18)15-27)17-6-8-19(28-5)9-7-17/h6-11,18,20-21H,12-15H2,1-5H3/t18-,20+,21+/m0/s1. The maximum Gasteiger partial charge on any atom is 0.133 e. The first-order valence-corrected chi connectivity index (χ1v) is 10.2. The second-order valence-corrected chi connectivity index (χ2v) is 9.44. The summed E-state index contributed by atoms with van der Waals surface area (Å²) in [6.07, 6.45) is 4.02. The van der Waals surface area contributed by atoms with Gasteiger partial charge in [-0.3, -0.25) is 9.80 Å². The lowest BCUT2D eigenvalue weighted by Gasteiger charge is -2.27. The number of fused-ring (bicyclic) bond motifs is 1. The van der Waals surface area contributed by atoms with Crippen LogP contribution in [0.3, 0.4) is 0 Å². The van der Waals surface area contributed by atoms with Crippen molar-refractivity contribution in [2.24, 2.45) is 11.8 Å². The van der Waals surface area contributed by atoms with Crippen LogP contribution in [0.25, 0.3) is 0 Å². The summed E-state index contributed by atoms with van der Waals surface area (Å²) in [6, 6.07) is 9.10. The molecule has 1 aromatic heterocycles. The fraction of sp³-hybridized carbons (Fsp3) is 0.565. The normalized spacial score (nSPS) is 25.8. The number of benzene rings is 1. The van der Waals surface area contributed by atoms with Gasteiger partial charge in [0.05, 0.1) is 7.11 Å². The summed E-state index contributed by atoms with van der Waals surface area (Å²) in [5.74, 6) is 3.24. The van der Waals surface area contributed by atoms with Gasteiger partial charge in [0.15, 0.2) is 0 Å². The second-order valence-electron chi connectivity index (χ2n) is 9.44. The van der Waals surface area contributed by atoms with E-state index in [2.05, 4.69) is 71.9 Å². The van der Waals surface area contributed by atoms with E-state index in [0.29, 0.717) is 12.0 Å². The second kappa shape index (κ2) is 7.45. The molecule has 0 amide bonds. The van der Waals surface area contributed by atoms with E-state index in [1.54, 1.807) is 7.11 Å². The first kappa shape index (κ1) is 19.3. The molecule has 2 saturated heterocycles. The molecule has 0 bridgehead atoms. The van der Waals surface area contributed by atoms with Crippen molar-refractivity contribution in [3.05, 3.63) is 53.6 Å². The van der Waals surface area contributed by atoms with Gasteiger partial charge in [0, 0.05) is 55.6 Å². The van der Waals surface area contributed by atoms with Crippen molar-refractivity contribution in [3.63, 3.8) is 0 Å². The van der Waals surface area contributed by atoms with E-state index in [9.17, 15) is 0 Å². The van der Waals surface area contributed by atoms with E-state index in [4.69, 9.17) is 4.74 Å². The van der Waals surface area contributed by atoms with Crippen LogP contribution in [0.15, 0.2) is 36.7 Å². The van der Waals surface area contributed by atoms with Crippen molar-refractivity contribution in [3.8, 4) is 5.75 Å². The Balaban J connectivity index is 1.44. The van der Waals surface area contributed by atoms with Gasteiger partial charge in [-0.25, -0.2) is 9.97 Å². The summed E-state index contributed by atoms with van der Waals surface area (Å²) in [4.78, 5) is 14.3. The fourth-order valence-corrected chi connectivity index (χ4v) is 4.86. The zero-order valence-corrected chi connectivity index (χ0v) is 17.7. The highest BCUT2D eigenvalue weighted by Crippen LogP contribution is 2.44. The van der Waals surface area contributed by atoms with Gasteiger partial charge in [0.2, 0.25) is 0 Å². The molecule has 3 atom stereocenters. The molecule has 2 fully saturated rings. The molecule has 28 heavy (non-hydrogen) atoms. The Bertz CT molecular complexity index is 797. The molecule has 0 spiro atoms. The average molecular weight is 381 g/mol. The van der Waals surface area contributed by atoms with Gasteiger partial charge in [-0.1, -0.05) is 32.9 Å². The lowest BCUT2D eigenvalue weighted by Crippen LogP contribution is -2.29. The molecular weight excluding hydrogens is 348 g/mol. The summed E-state index contributed by atoms with van der Waals surface area (Å²) in [5, 5.41) is 0. The van der Waals surface area contributed by atoms with Gasteiger partial charge in [0.1, 0.15) is 11.6 Å². The Morgan fingerprint density at radius 1 is 1.04 bits per heavy atom. The highest BCUT2D eigenvalue weighted by molar-refractivity contribution is 5.30. The molecule has 4 rings (SSSR count). The number of aromatic nitrogens is 2. The minimum absolute atomic E-state index is 0.000624. The van der Waals surface area contributed by atoms with Crippen LogP contribution < -0.4 is 4.74 Å². The highest BCUT2D eigenvalue weighted by atomic mass is 16.5. The van der Waals surface area contributed by atoms with Gasteiger partial charge in [-0.2, -0.15) is 0 Å². The van der Waals surface area contributed by atoms with Crippen LogP contribution in [0.4, 0.5) is 0 Å². The van der Waals surface area contributed by atoms with Crippen LogP contribution in [0.2, 0.25) is 0 Å². The van der Waals surface area contributed by atoms with Crippen LogP contribution in [0, 0.1) is 11.8 Å². The van der Waals surface area contributed by atoms with E-state index in [0.717, 1.165) is 43.7 Å². The zero-order chi connectivity index (χ0) is 19.9. The number of nitrogens with zero attached hydrogens (tertiary/aromatic N) is 4. The first-order valence-electron chi connectivity index (χ1n) is 10.2. The van der Waals surface area contributed by atoms with Gasteiger partial charge in [0.25, 0.3) is 0 Å². The maximum absolute atomic E-state index is 5.32. The molecule has 2 aromatic rings. The Kier molecular flexibility index (Phi) is 5.15.